The SMILES string of the molecule is CCCCCCCCOCCc1cc2c(nc3c4ccc5c(=O)n6c7cc(CCOCCCCCCCC)sc7nc6c6sc(c(=O)n23)c4c56)s1. The lowest BCUT2D eigenvalue weighted by atomic mass is 10.0. The molecule has 0 amide bonds. The van der Waals surface area contributed by atoms with Gasteiger partial charge in [0.1, 0.15) is 20.0 Å². The van der Waals surface area contributed by atoms with Crippen LogP contribution in [0.15, 0.2) is 33.9 Å². The number of hydrogen-bond donors (Lipinski definition) is 0. The van der Waals surface area contributed by atoms with Crippen LogP contribution in [0, 0.1) is 0 Å². The lowest BCUT2D eigenvalue weighted by Crippen LogP contribution is -2.13. The summed E-state index contributed by atoms with van der Waals surface area (Å²) in [4.78, 5) is 42.4. The maximum atomic E-state index is 14.2. The van der Waals surface area contributed by atoms with E-state index in [2.05, 4.69) is 26.0 Å². The molecule has 0 aliphatic carbocycles. The van der Waals surface area contributed by atoms with Crippen LogP contribution in [-0.2, 0) is 22.3 Å². The molecule has 0 unspecified atom stereocenters. The van der Waals surface area contributed by atoms with Gasteiger partial charge in [0.25, 0.3) is 11.1 Å². The van der Waals surface area contributed by atoms with E-state index in [1.54, 1.807) is 31.5 Å². The number of pyridine rings is 2. The molecule has 7 heterocycles. The van der Waals surface area contributed by atoms with Crippen LogP contribution in [0.4, 0.5) is 0 Å². The van der Waals surface area contributed by atoms with Gasteiger partial charge in [-0.2, -0.15) is 0 Å². The molecular weight excluding hydrogens is 697 g/mol. The van der Waals surface area contributed by atoms with Gasteiger partial charge in [0, 0.05) is 57.4 Å². The molecule has 268 valence electrons. The third kappa shape index (κ3) is 6.54. The zero-order valence-corrected chi connectivity index (χ0v) is 32.1. The zero-order chi connectivity index (χ0) is 34.9. The molecule has 0 fully saturated rings. The molecule has 0 atom stereocenters. The van der Waals surface area contributed by atoms with Crippen molar-refractivity contribution in [2.75, 3.05) is 26.4 Å². The Morgan fingerprint density at radius 1 is 0.569 bits per heavy atom. The molecule has 0 saturated carbocycles. The highest BCUT2D eigenvalue weighted by atomic mass is 32.1. The van der Waals surface area contributed by atoms with Gasteiger partial charge >= 0.3 is 0 Å². The molecular formula is C40H46N4O4S3. The Bertz CT molecular complexity index is 2540. The minimum absolute atomic E-state index is 0.0837. The van der Waals surface area contributed by atoms with Crippen molar-refractivity contribution < 1.29 is 9.47 Å². The van der Waals surface area contributed by atoms with Crippen molar-refractivity contribution in [1.29, 1.82) is 0 Å². The molecule has 0 bridgehead atoms. The average Bonchev–Trinajstić information content (AvgIpc) is 3.94. The van der Waals surface area contributed by atoms with Crippen LogP contribution in [0.3, 0.4) is 0 Å². The summed E-state index contributed by atoms with van der Waals surface area (Å²) in [6.07, 6.45) is 16.7. The first-order valence-electron chi connectivity index (χ1n) is 19.0. The number of hydrogen-bond acceptors (Lipinski definition) is 9. The van der Waals surface area contributed by atoms with Crippen LogP contribution in [0.25, 0.3) is 62.9 Å². The van der Waals surface area contributed by atoms with Gasteiger partial charge in [0.05, 0.1) is 28.9 Å². The van der Waals surface area contributed by atoms with E-state index in [0.717, 1.165) is 80.4 Å². The largest absolute Gasteiger partial charge is 0.381 e. The summed E-state index contributed by atoms with van der Waals surface area (Å²) in [6.45, 7) is 7.42. The van der Waals surface area contributed by atoms with Crippen molar-refractivity contribution in [2.24, 2.45) is 0 Å². The van der Waals surface area contributed by atoms with Gasteiger partial charge in [-0.1, -0.05) is 78.1 Å². The monoisotopic (exact) mass is 742 g/mol. The fourth-order valence-electron chi connectivity index (χ4n) is 7.52. The molecule has 0 saturated heterocycles. The molecule has 8 nitrogen and oxygen atoms in total. The highest BCUT2D eigenvalue weighted by molar-refractivity contribution is 7.27. The molecule has 0 radical (unpaired) electrons. The highest BCUT2D eigenvalue weighted by Crippen LogP contribution is 2.43. The van der Waals surface area contributed by atoms with Gasteiger partial charge in [0.15, 0.2) is 5.65 Å². The van der Waals surface area contributed by atoms with E-state index >= 15 is 0 Å². The molecule has 0 aliphatic heterocycles. The number of benzene rings is 1. The van der Waals surface area contributed by atoms with Gasteiger partial charge in [0.2, 0.25) is 0 Å². The van der Waals surface area contributed by atoms with E-state index in [1.807, 2.05) is 12.1 Å². The lowest BCUT2D eigenvalue weighted by Gasteiger charge is -2.05. The minimum Gasteiger partial charge on any atom is -0.381 e. The van der Waals surface area contributed by atoms with Crippen LogP contribution in [0.2, 0.25) is 0 Å². The highest BCUT2D eigenvalue weighted by Gasteiger charge is 2.26. The molecule has 8 rings (SSSR count). The Kier molecular flexibility index (Phi) is 10.5. The number of ether oxygens (including phenoxy) is 2. The normalized spacial score (nSPS) is 12.7. The first kappa shape index (κ1) is 34.8. The molecule has 8 aromatic rings. The summed E-state index contributed by atoms with van der Waals surface area (Å²) in [5.74, 6) is 0. The van der Waals surface area contributed by atoms with Crippen molar-refractivity contribution in [3.8, 4) is 0 Å². The summed E-state index contributed by atoms with van der Waals surface area (Å²) in [5, 5.41) is 3.18. The van der Waals surface area contributed by atoms with E-state index in [1.165, 1.54) is 85.3 Å². The summed E-state index contributed by atoms with van der Waals surface area (Å²) >= 11 is 4.71. The number of unbranched alkanes of at least 4 members (excludes halogenated alkanes) is 10. The van der Waals surface area contributed by atoms with E-state index in [9.17, 15) is 9.59 Å². The molecule has 1 aromatic carbocycles. The fraction of sp³-hybridized carbons (Fsp3) is 0.500. The standard InChI is InChI=1S/C40H46N4O4S3/c1-3-5-7-9-11-13-19-47-21-17-25-23-29-37(49-25)41-35-27-15-16-28-32-31(27)34(40(46)43(29)35)51-33(32)36-42-38-30(44(36)39(28)45)24-26(50-38)18-22-48-20-14-12-10-8-6-4-2/h15-16,23-24H,3-14,17-22H2,1-2H3. The minimum atomic E-state index is -0.0923. The summed E-state index contributed by atoms with van der Waals surface area (Å²) < 4.78 is 16.9. The van der Waals surface area contributed by atoms with Crippen LogP contribution >= 0.6 is 34.0 Å². The van der Waals surface area contributed by atoms with Crippen molar-refractivity contribution >= 4 is 96.9 Å². The number of nitrogens with zero attached hydrogens (tertiary/aromatic N) is 4. The molecule has 11 heteroatoms. The predicted octanol–water partition coefficient (Wildman–Crippen LogP) is 10.4. The first-order valence-corrected chi connectivity index (χ1v) is 21.4. The summed E-state index contributed by atoms with van der Waals surface area (Å²) in [5.41, 5.74) is 2.79. The average molecular weight is 743 g/mol. The fourth-order valence-corrected chi connectivity index (χ4v) is 10.7. The Hall–Kier alpha value is -3.22. The molecule has 0 spiro atoms. The topological polar surface area (TPSA) is 87.2 Å². The van der Waals surface area contributed by atoms with Gasteiger partial charge < -0.3 is 9.47 Å². The van der Waals surface area contributed by atoms with Crippen molar-refractivity contribution in [2.45, 2.75) is 104 Å². The molecule has 0 aliphatic rings. The second kappa shape index (κ2) is 15.4. The lowest BCUT2D eigenvalue weighted by molar-refractivity contribution is 0.133. The van der Waals surface area contributed by atoms with Gasteiger partial charge in [-0.15, -0.1) is 34.0 Å². The van der Waals surface area contributed by atoms with E-state index in [0.29, 0.717) is 34.6 Å². The smallest absolute Gasteiger partial charge is 0.274 e. The third-order valence-electron chi connectivity index (χ3n) is 10.2. The van der Waals surface area contributed by atoms with E-state index < -0.39 is 0 Å². The van der Waals surface area contributed by atoms with Crippen LogP contribution < -0.4 is 11.1 Å². The third-order valence-corrected chi connectivity index (χ3v) is 13.5. The zero-order valence-electron chi connectivity index (χ0n) is 29.7. The van der Waals surface area contributed by atoms with Gasteiger partial charge in [-0.05, 0) is 37.1 Å². The van der Waals surface area contributed by atoms with Gasteiger partial charge in [-0.3, -0.25) is 18.4 Å². The second-order valence-corrected chi connectivity index (χ2v) is 17.1. The Balaban J connectivity index is 1.04. The van der Waals surface area contributed by atoms with Gasteiger partial charge in [-0.25, -0.2) is 9.97 Å². The second-order valence-electron chi connectivity index (χ2n) is 13.9. The van der Waals surface area contributed by atoms with Crippen LogP contribution in [0.1, 0.15) is 101 Å². The van der Waals surface area contributed by atoms with Crippen LogP contribution in [-0.4, -0.2) is 45.2 Å². The van der Waals surface area contributed by atoms with Crippen molar-refractivity contribution in [3.63, 3.8) is 0 Å². The van der Waals surface area contributed by atoms with Crippen LogP contribution in [0.5, 0.6) is 0 Å². The number of thiophene rings is 3. The molecule has 0 N–H and O–H groups in total. The first-order chi connectivity index (χ1) is 25.1. The summed E-state index contributed by atoms with van der Waals surface area (Å²) in [7, 11) is 0. The number of fused-ring (bicyclic) bond motifs is 8. The van der Waals surface area contributed by atoms with Crippen molar-refractivity contribution in [1.82, 2.24) is 18.8 Å². The van der Waals surface area contributed by atoms with Crippen molar-refractivity contribution in [3.05, 3.63) is 54.7 Å². The maximum absolute atomic E-state index is 14.2. The predicted molar refractivity (Wildman–Crippen MR) is 216 cm³/mol. The summed E-state index contributed by atoms with van der Waals surface area (Å²) in [6, 6.07) is 8.08. The molecule has 7 aromatic heterocycles. The number of aromatic nitrogens is 4. The van der Waals surface area contributed by atoms with E-state index in [-0.39, 0.29) is 11.1 Å². The van der Waals surface area contributed by atoms with E-state index in [4.69, 9.17) is 19.4 Å². The Morgan fingerprint density at radius 3 is 1.69 bits per heavy atom. The molecule has 51 heavy (non-hydrogen) atoms. The number of rotatable bonds is 20. The Morgan fingerprint density at radius 2 is 1.08 bits per heavy atom. The maximum Gasteiger partial charge on any atom is 0.274 e. The quantitative estimate of drug-likeness (QED) is 0.0571. The Labute approximate surface area is 308 Å². The number of imidazole rings is 2.